The van der Waals surface area contributed by atoms with E-state index in [0.717, 1.165) is 5.56 Å². The summed E-state index contributed by atoms with van der Waals surface area (Å²) in [6.45, 7) is 1.72. The van der Waals surface area contributed by atoms with Crippen molar-refractivity contribution in [2.45, 2.75) is 6.92 Å². The Labute approximate surface area is 184 Å². The van der Waals surface area contributed by atoms with Crippen molar-refractivity contribution in [2.24, 2.45) is 0 Å². The maximum Gasteiger partial charge on any atom is 0.259 e. The van der Waals surface area contributed by atoms with Crippen LogP contribution in [0.3, 0.4) is 0 Å². The molecule has 2 aromatic heterocycles. The first-order valence-corrected chi connectivity index (χ1v) is 9.99. The Morgan fingerprint density at radius 1 is 1.06 bits per heavy atom. The quantitative estimate of drug-likeness (QED) is 0.498. The van der Waals surface area contributed by atoms with E-state index in [4.69, 9.17) is 9.26 Å². The van der Waals surface area contributed by atoms with Gasteiger partial charge in [0, 0.05) is 25.3 Å². The molecule has 0 aliphatic heterocycles. The summed E-state index contributed by atoms with van der Waals surface area (Å²) >= 11 is 0. The lowest BCUT2D eigenvalue weighted by atomic mass is 10.0. The van der Waals surface area contributed by atoms with Gasteiger partial charge in [0.05, 0.1) is 22.3 Å². The van der Waals surface area contributed by atoms with Gasteiger partial charge in [0.1, 0.15) is 5.75 Å². The van der Waals surface area contributed by atoms with E-state index in [2.05, 4.69) is 15.5 Å². The van der Waals surface area contributed by atoms with Gasteiger partial charge in [-0.05, 0) is 37.3 Å². The summed E-state index contributed by atoms with van der Waals surface area (Å²) in [7, 11) is 3.34. The van der Waals surface area contributed by atoms with Crippen molar-refractivity contribution in [3.8, 4) is 17.0 Å². The minimum atomic E-state index is -0.308. The zero-order valence-corrected chi connectivity index (χ0v) is 18.0. The molecule has 0 bridgehead atoms. The summed E-state index contributed by atoms with van der Waals surface area (Å²) in [4.78, 5) is 30.8. The molecular weight excluding hydrogens is 408 g/mol. The van der Waals surface area contributed by atoms with E-state index in [1.54, 1.807) is 51.4 Å². The van der Waals surface area contributed by atoms with Crippen LogP contribution in [-0.2, 0) is 4.79 Å². The van der Waals surface area contributed by atoms with Gasteiger partial charge in [-0.2, -0.15) is 0 Å². The van der Waals surface area contributed by atoms with Crippen LogP contribution >= 0.6 is 0 Å². The van der Waals surface area contributed by atoms with Gasteiger partial charge in [-0.1, -0.05) is 35.5 Å². The van der Waals surface area contributed by atoms with Gasteiger partial charge in [0.2, 0.25) is 0 Å². The molecule has 0 aliphatic rings. The molecule has 8 nitrogen and oxygen atoms in total. The first-order valence-electron chi connectivity index (χ1n) is 9.99. The Kier molecular flexibility index (Phi) is 5.85. The minimum absolute atomic E-state index is 0.0528. The van der Waals surface area contributed by atoms with Crippen molar-refractivity contribution >= 4 is 28.6 Å². The standard InChI is InChI=1S/C24H22N4O4/c1-15-22-19(13-20(26-24(22)32-27-15)16-7-5-4-6-8-16)23(30)25-17-9-11-18(12-10-17)31-14-21(29)28(2)3/h4-13H,14H2,1-3H3,(H,25,30). The maximum absolute atomic E-state index is 13.1. The zero-order valence-electron chi connectivity index (χ0n) is 18.0. The largest absolute Gasteiger partial charge is 0.484 e. The summed E-state index contributed by atoms with van der Waals surface area (Å²) in [6.07, 6.45) is 0. The molecule has 0 saturated heterocycles. The number of fused-ring (bicyclic) bond motifs is 1. The molecule has 0 aliphatic carbocycles. The molecule has 0 saturated carbocycles. The Bertz CT molecular complexity index is 1260. The fourth-order valence-corrected chi connectivity index (χ4v) is 3.14. The highest BCUT2D eigenvalue weighted by molar-refractivity contribution is 6.13. The molecular formula is C24H22N4O4. The molecule has 2 amide bonds. The van der Waals surface area contributed by atoms with E-state index in [1.807, 2.05) is 30.3 Å². The van der Waals surface area contributed by atoms with Gasteiger partial charge >= 0.3 is 0 Å². The first-order chi connectivity index (χ1) is 15.4. The smallest absolute Gasteiger partial charge is 0.259 e. The van der Waals surface area contributed by atoms with Gasteiger partial charge in [-0.3, -0.25) is 9.59 Å². The molecule has 0 radical (unpaired) electrons. The van der Waals surface area contributed by atoms with Crippen LogP contribution in [0.4, 0.5) is 5.69 Å². The van der Waals surface area contributed by atoms with Crippen LogP contribution in [0.25, 0.3) is 22.4 Å². The first kappa shape index (κ1) is 21.0. The van der Waals surface area contributed by atoms with E-state index in [-0.39, 0.29) is 18.4 Å². The molecule has 4 rings (SSSR count). The second kappa shape index (κ2) is 8.89. The lowest BCUT2D eigenvalue weighted by molar-refractivity contribution is -0.130. The van der Waals surface area contributed by atoms with Crippen molar-refractivity contribution < 1.29 is 18.8 Å². The molecule has 2 aromatic carbocycles. The number of nitrogens with zero attached hydrogens (tertiary/aromatic N) is 3. The van der Waals surface area contributed by atoms with Crippen molar-refractivity contribution in [2.75, 3.05) is 26.0 Å². The number of carbonyl (C=O) groups excluding carboxylic acids is 2. The van der Waals surface area contributed by atoms with Crippen LogP contribution in [0.5, 0.6) is 5.75 Å². The fraction of sp³-hybridized carbons (Fsp3) is 0.167. The molecule has 2 heterocycles. The molecule has 4 aromatic rings. The number of rotatable bonds is 6. The van der Waals surface area contributed by atoms with Crippen molar-refractivity contribution in [3.63, 3.8) is 0 Å². The van der Waals surface area contributed by atoms with Crippen LogP contribution in [0.1, 0.15) is 16.1 Å². The normalized spacial score (nSPS) is 10.7. The average molecular weight is 430 g/mol. The van der Waals surface area contributed by atoms with Gasteiger partial charge < -0.3 is 19.5 Å². The van der Waals surface area contributed by atoms with Crippen molar-refractivity contribution in [1.82, 2.24) is 15.0 Å². The molecule has 1 N–H and O–H groups in total. The van der Waals surface area contributed by atoms with Crippen molar-refractivity contribution in [1.29, 1.82) is 0 Å². The van der Waals surface area contributed by atoms with Crippen molar-refractivity contribution in [3.05, 3.63) is 71.9 Å². The van der Waals surface area contributed by atoms with Gasteiger partial charge in [-0.25, -0.2) is 4.98 Å². The van der Waals surface area contributed by atoms with E-state index in [0.29, 0.717) is 39.5 Å². The van der Waals surface area contributed by atoms with E-state index < -0.39 is 0 Å². The molecule has 0 unspecified atom stereocenters. The number of hydrogen-bond acceptors (Lipinski definition) is 6. The number of aromatic nitrogens is 2. The number of likely N-dealkylation sites (N-methyl/N-ethyl adjacent to an activating group) is 1. The molecule has 162 valence electrons. The predicted molar refractivity (Wildman–Crippen MR) is 121 cm³/mol. The number of anilines is 1. The highest BCUT2D eigenvalue weighted by Crippen LogP contribution is 2.28. The highest BCUT2D eigenvalue weighted by Gasteiger charge is 2.19. The summed E-state index contributed by atoms with van der Waals surface area (Å²) in [5, 5.41) is 7.44. The Morgan fingerprint density at radius 2 is 1.78 bits per heavy atom. The summed E-state index contributed by atoms with van der Waals surface area (Å²) in [6, 6.07) is 18.1. The second-order valence-electron chi connectivity index (χ2n) is 7.42. The number of carbonyl (C=O) groups is 2. The summed E-state index contributed by atoms with van der Waals surface area (Å²) < 4.78 is 10.8. The van der Waals surface area contributed by atoms with E-state index >= 15 is 0 Å². The van der Waals surface area contributed by atoms with E-state index in [9.17, 15) is 9.59 Å². The molecule has 0 spiro atoms. The Morgan fingerprint density at radius 3 is 2.47 bits per heavy atom. The van der Waals surface area contributed by atoms with Gasteiger partial charge in [0.15, 0.2) is 6.61 Å². The summed E-state index contributed by atoms with van der Waals surface area (Å²) in [5.41, 5.74) is 3.39. The Balaban J connectivity index is 1.57. The Hall–Kier alpha value is -4.20. The van der Waals surface area contributed by atoms with Crippen LogP contribution in [0.2, 0.25) is 0 Å². The van der Waals surface area contributed by atoms with Gasteiger partial charge in [-0.15, -0.1) is 0 Å². The number of nitrogens with one attached hydrogen (secondary N) is 1. The lowest BCUT2D eigenvalue weighted by Gasteiger charge is -2.12. The number of aryl methyl sites for hydroxylation is 1. The minimum Gasteiger partial charge on any atom is -0.484 e. The SMILES string of the molecule is Cc1noc2nc(-c3ccccc3)cc(C(=O)Nc3ccc(OCC(=O)N(C)C)cc3)c12. The number of benzene rings is 2. The molecule has 0 fully saturated rings. The van der Waals surface area contributed by atoms with E-state index in [1.165, 1.54) is 4.90 Å². The maximum atomic E-state index is 13.1. The predicted octanol–water partition coefficient (Wildman–Crippen LogP) is 3.92. The number of ether oxygens (including phenoxy) is 1. The number of amides is 2. The lowest BCUT2D eigenvalue weighted by Crippen LogP contribution is -2.27. The van der Waals surface area contributed by atoms with Crippen LogP contribution in [-0.4, -0.2) is 47.6 Å². The van der Waals surface area contributed by atoms with Crippen LogP contribution in [0.15, 0.2) is 65.2 Å². The average Bonchev–Trinajstić information content (AvgIpc) is 3.19. The number of hydrogen-bond donors (Lipinski definition) is 1. The third-order valence-corrected chi connectivity index (χ3v) is 4.90. The fourth-order valence-electron chi connectivity index (χ4n) is 3.14. The topological polar surface area (TPSA) is 97.6 Å². The monoisotopic (exact) mass is 430 g/mol. The molecule has 0 atom stereocenters. The third kappa shape index (κ3) is 4.44. The second-order valence-corrected chi connectivity index (χ2v) is 7.42. The third-order valence-electron chi connectivity index (χ3n) is 4.90. The zero-order chi connectivity index (χ0) is 22.7. The van der Waals surface area contributed by atoms with Crippen LogP contribution < -0.4 is 10.1 Å². The van der Waals surface area contributed by atoms with Crippen LogP contribution in [0, 0.1) is 6.92 Å². The molecule has 8 heteroatoms. The molecule has 32 heavy (non-hydrogen) atoms. The van der Waals surface area contributed by atoms with Gasteiger partial charge in [0.25, 0.3) is 17.5 Å². The summed E-state index contributed by atoms with van der Waals surface area (Å²) in [5.74, 6) is 0.0884. The number of pyridine rings is 1. The highest BCUT2D eigenvalue weighted by atomic mass is 16.5.